The van der Waals surface area contributed by atoms with Crippen LogP contribution in [0.1, 0.15) is 24.7 Å². The first-order valence-corrected chi connectivity index (χ1v) is 13.1. The molecule has 0 radical (unpaired) electrons. The smallest absolute Gasteiger partial charge is 0.282 e. The fourth-order valence-electron chi connectivity index (χ4n) is 3.52. The topological polar surface area (TPSA) is 85.6 Å². The summed E-state index contributed by atoms with van der Waals surface area (Å²) in [6.45, 7) is 1.66. The number of nitrogens with zero attached hydrogens (tertiary/aromatic N) is 3. The Morgan fingerprint density at radius 2 is 1.95 bits per heavy atom. The van der Waals surface area contributed by atoms with Gasteiger partial charge in [-0.2, -0.15) is 9.78 Å². The molecule has 0 aliphatic rings. The van der Waals surface area contributed by atoms with Crippen molar-refractivity contribution in [1.29, 1.82) is 0 Å². The van der Waals surface area contributed by atoms with E-state index in [-0.39, 0.29) is 12.2 Å². The van der Waals surface area contributed by atoms with Gasteiger partial charge in [0.25, 0.3) is 11.5 Å². The number of anilines is 1. The minimum Gasteiger partial charge on any atom is -0.482 e. The van der Waals surface area contributed by atoms with Crippen molar-refractivity contribution in [3.05, 3.63) is 96.1 Å². The van der Waals surface area contributed by atoms with Gasteiger partial charge in [-0.05, 0) is 76.9 Å². The molecule has 37 heavy (non-hydrogen) atoms. The number of halogens is 4. The largest absolute Gasteiger partial charge is 0.482 e. The standard InChI is InChI=1S/C26H20Br2ClFN4O3/c1-2-3-23-33-22-9-4-16(27)11-20(22)26(36)34(23)31-13-15-10-17(29)12-21(28)25(15)37-14-24(35)32-19-7-5-18(30)6-8-19/h4-13H,2-3,14H2,1H3,(H,32,35). The van der Waals surface area contributed by atoms with Gasteiger partial charge in [-0.25, -0.2) is 9.37 Å². The zero-order valence-electron chi connectivity index (χ0n) is 19.5. The Kier molecular flexibility index (Phi) is 8.73. The molecule has 0 atom stereocenters. The summed E-state index contributed by atoms with van der Waals surface area (Å²) in [6.07, 6.45) is 2.75. The number of hydrogen-bond donors (Lipinski definition) is 1. The number of aromatic nitrogens is 2. The lowest BCUT2D eigenvalue weighted by molar-refractivity contribution is -0.118. The molecule has 1 amide bonds. The lowest BCUT2D eigenvalue weighted by Crippen LogP contribution is -2.22. The van der Waals surface area contributed by atoms with Gasteiger partial charge in [0.2, 0.25) is 0 Å². The molecule has 4 aromatic rings. The van der Waals surface area contributed by atoms with Crippen LogP contribution in [0, 0.1) is 5.82 Å². The molecule has 190 valence electrons. The van der Waals surface area contributed by atoms with Gasteiger partial charge in [0.1, 0.15) is 17.4 Å². The molecular weight excluding hydrogens is 631 g/mol. The summed E-state index contributed by atoms with van der Waals surface area (Å²) in [5.41, 5.74) is 1.15. The summed E-state index contributed by atoms with van der Waals surface area (Å²) in [4.78, 5) is 30.3. The van der Waals surface area contributed by atoms with Gasteiger partial charge in [-0.1, -0.05) is 34.5 Å². The molecule has 1 N–H and O–H groups in total. The monoisotopic (exact) mass is 648 g/mol. The Morgan fingerprint density at radius 1 is 1.19 bits per heavy atom. The van der Waals surface area contributed by atoms with Gasteiger partial charge in [0, 0.05) is 27.2 Å². The maximum Gasteiger partial charge on any atom is 0.282 e. The lowest BCUT2D eigenvalue weighted by Gasteiger charge is -2.13. The molecule has 0 saturated heterocycles. The normalized spacial score (nSPS) is 11.3. The van der Waals surface area contributed by atoms with E-state index in [1.165, 1.54) is 35.2 Å². The van der Waals surface area contributed by atoms with E-state index in [0.717, 1.165) is 10.9 Å². The quantitative estimate of drug-likeness (QED) is 0.219. The Labute approximate surface area is 233 Å². The van der Waals surface area contributed by atoms with Gasteiger partial charge in [0.05, 0.1) is 21.6 Å². The first-order valence-electron chi connectivity index (χ1n) is 11.2. The summed E-state index contributed by atoms with van der Waals surface area (Å²) in [5.74, 6) is -0.0226. The zero-order chi connectivity index (χ0) is 26.5. The maximum atomic E-state index is 13.3. The van der Waals surface area contributed by atoms with Crippen molar-refractivity contribution >= 4 is 72.2 Å². The minimum atomic E-state index is -0.442. The molecule has 0 aliphatic heterocycles. The Balaban J connectivity index is 1.64. The van der Waals surface area contributed by atoms with E-state index in [1.54, 1.807) is 24.3 Å². The second-order valence-corrected chi connectivity index (χ2v) is 10.2. The predicted molar refractivity (Wildman–Crippen MR) is 150 cm³/mol. The number of ether oxygens (including phenoxy) is 1. The highest BCUT2D eigenvalue weighted by Crippen LogP contribution is 2.32. The summed E-state index contributed by atoms with van der Waals surface area (Å²) in [6, 6.07) is 13.9. The van der Waals surface area contributed by atoms with E-state index >= 15 is 0 Å². The third-order valence-electron chi connectivity index (χ3n) is 5.17. The van der Waals surface area contributed by atoms with Gasteiger partial charge >= 0.3 is 0 Å². The number of benzene rings is 3. The highest BCUT2D eigenvalue weighted by molar-refractivity contribution is 9.10. The van der Waals surface area contributed by atoms with Crippen molar-refractivity contribution in [2.45, 2.75) is 19.8 Å². The highest BCUT2D eigenvalue weighted by Gasteiger charge is 2.14. The summed E-state index contributed by atoms with van der Waals surface area (Å²) >= 11 is 13.1. The number of amides is 1. The molecule has 0 spiro atoms. The molecule has 0 fully saturated rings. The van der Waals surface area contributed by atoms with Crippen LogP contribution < -0.4 is 15.6 Å². The van der Waals surface area contributed by atoms with E-state index < -0.39 is 11.7 Å². The SMILES string of the molecule is CCCc1nc2ccc(Br)cc2c(=O)n1N=Cc1cc(Cl)cc(Br)c1OCC(=O)Nc1ccc(F)cc1. The van der Waals surface area contributed by atoms with E-state index in [9.17, 15) is 14.0 Å². The predicted octanol–water partition coefficient (Wildman–Crippen LogP) is 6.57. The molecule has 0 unspecified atom stereocenters. The number of carbonyl (C=O) groups is 1. The number of fused-ring (bicyclic) bond motifs is 1. The second-order valence-electron chi connectivity index (χ2n) is 7.95. The van der Waals surface area contributed by atoms with Crippen molar-refractivity contribution in [1.82, 2.24) is 9.66 Å². The van der Waals surface area contributed by atoms with Gasteiger partial charge in [-0.15, -0.1) is 0 Å². The maximum absolute atomic E-state index is 13.3. The first-order chi connectivity index (χ1) is 17.7. The molecule has 0 saturated carbocycles. The Morgan fingerprint density at radius 3 is 2.68 bits per heavy atom. The van der Waals surface area contributed by atoms with Crippen LogP contribution in [0.25, 0.3) is 10.9 Å². The van der Waals surface area contributed by atoms with Crippen LogP contribution in [0.2, 0.25) is 5.02 Å². The third-order valence-corrected chi connectivity index (χ3v) is 6.47. The van der Waals surface area contributed by atoms with E-state index in [1.807, 2.05) is 13.0 Å². The molecular formula is C26H20Br2ClFN4O3. The van der Waals surface area contributed by atoms with Crippen molar-refractivity contribution in [2.75, 3.05) is 11.9 Å². The molecule has 0 bridgehead atoms. The zero-order valence-corrected chi connectivity index (χ0v) is 23.4. The average molecular weight is 651 g/mol. The molecule has 0 aliphatic carbocycles. The number of nitrogens with one attached hydrogen (secondary N) is 1. The van der Waals surface area contributed by atoms with Crippen LogP contribution in [-0.4, -0.2) is 28.4 Å². The third kappa shape index (κ3) is 6.63. The molecule has 11 heteroatoms. The van der Waals surface area contributed by atoms with Crippen LogP contribution in [0.15, 0.2) is 73.4 Å². The minimum absolute atomic E-state index is 0.309. The van der Waals surface area contributed by atoms with Crippen molar-refractivity contribution in [2.24, 2.45) is 5.10 Å². The Bertz CT molecular complexity index is 1560. The second kappa shape index (κ2) is 12.0. The lowest BCUT2D eigenvalue weighted by atomic mass is 10.2. The van der Waals surface area contributed by atoms with E-state index in [2.05, 4.69) is 47.3 Å². The number of rotatable bonds is 8. The van der Waals surface area contributed by atoms with Crippen LogP contribution >= 0.6 is 43.5 Å². The fraction of sp³-hybridized carbons (Fsp3) is 0.154. The van der Waals surface area contributed by atoms with Crippen LogP contribution in [0.4, 0.5) is 10.1 Å². The van der Waals surface area contributed by atoms with Crippen LogP contribution in [-0.2, 0) is 11.2 Å². The molecule has 3 aromatic carbocycles. The van der Waals surface area contributed by atoms with Gasteiger partial charge in [0.15, 0.2) is 6.61 Å². The average Bonchev–Trinajstić information content (AvgIpc) is 2.85. The highest BCUT2D eigenvalue weighted by atomic mass is 79.9. The van der Waals surface area contributed by atoms with E-state index in [0.29, 0.717) is 49.6 Å². The molecule has 7 nitrogen and oxygen atoms in total. The first kappa shape index (κ1) is 27.0. The summed E-state index contributed by atoms with van der Waals surface area (Å²) < 4.78 is 21.4. The Hall–Kier alpha value is -3.08. The molecule has 1 heterocycles. The van der Waals surface area contributed by atoms with Gasteiger partial charge < -0.3 is 10.1 Å². The van der Waals surface area contributed by atoms with E-state index in [4.69, 9.17) is 16.3 Å². The van der Waals surface area contributed by atoms with Gasteiger partial charge in [-0.3, -0.25) is 9.59 Å². The number of hydrogen-bond acceptors (Lipinski definition) is 5. The number of carbonyl (C=O) groups excluding carboxylic acids is 1. The summed E-state index contributed by atoms with van der Waals surface area (Å²) in [7, 11) is 0. The van der Waals surface area contributed by atoms with Crippen molar-refractivity contribution in [3.8, 4) is 5.75 Å². The van der Waals surface area contributed by atoms with Crippen molar-refractivity contribution in [3.63, 3.8) is 0 Å². The molecule has 1 aromatic heterocycles. The summed E-state index contributed by atoms with van der Waals surface area (Å²) in [5, 5.41) is 7.89. The molecule has 4 rings (SSSR count). The van der Waals surface area contributed by atoms with Crippen molar-refractivity contribution < 1.29 is 13.9 Å². The number of aryl methyl sites for hydroxylation is 1. The van der Waals surface area contributed by atoms with Crippen LogP contribution in [0.5, 0.6) is 5.75 Å². The van der Waals surface area contributed by atoms with Crippen LogP contribution in [0.3, 0.4) is 0 Å². The fourth-order valence-corrected chi connectivity index (χ4v) is 4.83.